The number of carbonyl (C=O) groups is 3. The monoisotopic (exact) mass is 319 g/mol. The molecule has 0 aliphatic carbocycles. The molecule has 0 heterocycles. The van der Waals surface area contributed by atoms with Gasteiger partial charge in [0.1, 0.15) is 5.75 Å². The molecule has 9 heteroatoms. The van der Waals surface area contributed by atoms with Crippen LogP contribution in [0.3, 0.4) is 0 Å². The second-order valence-corrected chi connectivity index (χ2v) is 3.87. The summed E-state index contributed by atoms with van der Waals surface area (Å²) >= 11 is 0. The number of amides is 1. The average molecular weight is 319 g/mol. The molecule has 6 nitrogen and oxygen atoms in total. The lowest BCUT2D eigenvalue weighted by Gasteiger charge is -2.12. The first kappa shape index (κ1) is 17.5. The van der Waals surface area contributed by atoms with Crippen molar-refractivity contribution < 1.29 is 37.0 Å². The van der Waals surface area contributed by atoms with Crippen molar-refractivity contribution >= 4 is 17.7 Å². The molecule has 120 valence electrons. The second kappa shape index (κ2) is 7.43. The van der Waals surface area contributed by atoms with E-state index in [-0.39, 0.29) is 12.2 Å². The zero-order valence-electron chi connectivity index (χ0n) is 11.4. The largest absolute Gasteiger partial charge is 0.573 e. The van der Waals surface area contributed by atoms with Crippen LogP contribution in [0.5, 0.6) is 5.75 Å². The van der Waals surface area contributed by atoms with Crippen LogP contribution in [0.25, 0.3) is 0 Å². The van der Waals surface area contributed by atoms with Gasteiger partial charge in [-0.25, -0.2) is 4.79 Å². The standard InChI is InChI=1S/C13H12F3NO5/c1-2-21-12(20)11(19)17-7-9(18)8-5-3-4-6-10(8)22-13(14,15)16/h3-6H,2,7H2,1H3,(H,17,19). The molecule has 1 aromatic rings. The van der Waals surface area contributed by atoms with E-state index in [1.54, 1.807) is 0 Å². The van der Waals surface area contributed by atoms with Gasteiger partial charge in [0, 0.05) is 0 Å². The number of halogens is 3. The summed E-state index contributed by atoms with van der Waals surface area (Å²) in [7, 11) is 0. The fourth-order valence-corrected chi connectivity index (χ4v) is 1.44. The highest BCUT2D eigenvalue weighted by Gasteiger charge is 2.32. The first-order valence-electron chi connectivity index (χ1n) is 6.07. The Hall–Kier alpha value is -2.58. The number of benzene rings is 1. The third-order valence-electron chi connectivity index (χ3n) is 2.28. The molecule has 22 heavy (non-hydrogen) atoms. The summed E-state index contributed by atoms with van der Waals surface area (Å²) in [5, 5.41) is 1.96. The van der Waals surface area contributed by atoms with Crippen molar-refractivity contribution in [1.29, 1.82) is 0 Å². The lowest BCUT2D eigenvalue weighted by molar-refractivity contribution is -0.274. The molecule has 0 bridgehead atoms. The van der Waals surface area contributed by atoms with Crippen molar-refractivity contribution in [3.8, 4) is 5.75 Å². The SMILES string of the molecule is CCOC(=O)C(=O)NCC(=O)c1ccccc1OC(F)(F)F. The zero-order chi connectivity index (χ0) is 16.8. The molecule has 0 aliphatic heterocycles. The fraction of sp³-hybridized carbons (Fsp3) is 0.308. The Labute approximate surface area is 123 Å². The Bertz CT molecular complexity index is 571. The molecular formula is C13H12F3NO5. The van der Waals surface area contributed by atoms with Crippen molar-refractivity contribution in [3.05, 3.63) is 29.8 Å². The van der Waals surface area contributed by atoms with Crippen LogP contribution in [0.1, 0.15) is 17.3 Å². The number of Topliss-reactive ketones (excluding diaryl/α,β-unsaturated/α-hetero) is 1. The summed E-state index contributed by atoms with van der Waals surface area (Å²) in [6.07, 6.45) is -4.95. The van der Waals surface area contributed by atoms with Gasteiger partial charge in [0.05, 0.1) is 18.7 Å². The number of esters is 1. The fourth-order valence-electron chi connectivity index (χ4n) is 1.44. The van der Waals surface area contributed by atoms with E-state index in [4.69, 9.17) is 0 Å². The third kappa shape index (κ3) is 5.43. The van der Waals surface area contributed by atoms with Gasteiger partial charge in [-0.2, -0.15) is 0 Å². The van der Waals surface area contributed by atoms with E-state index in [0.29, 0.717) is 0 Å². The Morgan fingerprint density at radius 1 is 1.18 bits per heavy atom. The van der Waals surface area contributed by atoms with Crippen molar-refractivity contribution in [1.82, 2.24) is 5.32 Å². The molecule has 0 unspecified atom stereocenters. The highest BCUT2D eigenvalue weighted by molar-refractivity contribution is 6.32. The Balaban J connectivity index is 2.74. The maximum Gasteiger partial charge on any atom is 0.573 e. The summed E-state index contributed by atoms with van der Waals surface area (Å²) in [5.41, 5.74) is -0.371. The van der Waals surface area contributed by atoms with Crippen molar-refractivity contribution in [2.45, 2.75) is 13.3 Å². The summed E-state index contributed by atoms with van der Waals surface area (Å²) < 4.78 is 44.8. The lowest BCUT2D eigenvalue weighted by atomic mass is 10.1. The molecule has 1 rings (SSSR count). The first-order chi connectivity index (χ1) is 10.2. The summed E-state index contributed by atoms with van der Waals surface area (Å²) in [6, 6.07) is 4.67. The number of hydrogen-bond donors (Lipinski definition) is 1. The van der Waals surface area contributed by atoms with Crippen LogP contribution in [0.15, 0.2) is 24.3 Å². The first-order valence-corrected chi connectivity index (χ1v) is 6.07. The molecule has 0 fully saturated rings. The number of rotatable bonds is 5. The van der Waals surface area contributed by atoms with Crippen LogP contribution in [-0.4, -0.2) is 37.2 Å². The van der Waals surface area contributed by atoms with Gasteiger partial charge in [-0.1, -0.05) is 12.1 Å². The quantitative estimate of drug-likeness (QED) is 0.505. The second-order valence-electron chi connectivity index (χ2n) is 3.87. The van der Waals surface area contributed by atoms with Crippen molar-refractivity contribution in [2.24, 2.45) is 0 Å². The predicted molar refractivity (Wildman–Crippen MR) is 67.1 cm³/mol. The minimum Gasteiger partial charge on any atom is -0.459 e. The molecule has 0 saturated heterocycles. The lowest BCUT2D eigenvalue weighted by Crippen LogP contribution is -2.36. The predicted octanol–water partition coefficient (Wildman–Crippen LogP) is 1.45. The number of alkyl halides is 3. The molecule has 0 atom stereocenters. The Kier molecular flexibility index (Phi) is 5.90. The molecule has 0 aromatic heterocycles. The maximum atomic E-state index is 12.2. The Morgan fingerprint density at radius 2 is 1.82 bits per heavy atom. The van der Waals surface area contributed by atoms with Crippen LogP contribution in [0.4, 0.5) is 13.2 Å². The van der Waals surface area contributed by atoms with Gasteiger partial charge in [-0.05, 0) is 19.1 Å². The molecule has 0 radical (unpaired) electrons. The third-order valence-corrected chi connectivity index (χ3v) is 2.28. The van der Waals surface area contributed by atoms with E-state index >= 15 is 0 Å². The minimum atomic E-state index is -4.95. The maximum absolute atomic E-state index is 12.2. The van der Waals surface area contributed by atoms with Crippen LogP contribution in [-0.2, 0) is 14.3 Å². The van der Waals surface area contributed by atoms with E-state index in [2.05, 4.69) is 9.47 Å². The van der Waals surface area contributed by atoms with E-state index in [0.717, 1.165) is 12.1 Å². The molecular weight excluding hydrogens is 307 g/mol. The number of carbonyl (C=O) groups excluding carboxylic acids is 3. The van der Waals surface area contributed by atoms with Crippen LogP contribution < -0.4 is 10.1 Å². The molecule has 0 saturated carbocycles. The van der Waals surface area contributed by atoms with Gasteiger partial charge in [-0.3, -0.25) is 9.59 Å². The van der Waals surface area contributed by atoms with E-state index in [9.17, 15) is 27.6 Å². The van der Waals surface area contributed by atoms with Crippen molar-refractivity contribution in [3.63, 3.8) is 0 Å². The molecule has 1 amide bonds. The van der Waals surface area contributed by atoms with Gasteiger partial charge >= 0.3 is 18.2 Å². The average Bonchev–Trinajstić information content (AvgIpc) is 2.43. The highest BCUT2D eigenvalue weighted by atomic mass is 19.4. The number of para-hydroxylation sites is 1. The van der Waals surface area contributed by atoms with Crippen molar-refractivity contribution in [2.75, 3.05) is 13.2 Å². The van der Waals surface area contributed by atoms with Crippen LogP contribution >= 0.6 is 0 Å². The molecule has 0 spiro atoms. The van der Waals surface area contributed by atoms with Crippen LogP contribution in [0, 0.1) is 0 Å². The number of ether oxygens (including phenoxy) is 2. The van der Waals surface area contributed by atoms with Gasteiger partial charge < -0.3 is 14.8 Å². The topological polar surface area (TPSA) is 81.7 Å². The molecule has 1 N–H and O–H groups in total. The van der Waals surface area contributed by atoms with E-state index in [1.165, 1.54) is 19.1 Å². The van der Waals surface area contributed by atoms with Gasteiger partial charge in [0.25, 0.3) is 0 Å². The summed E-state index contributed by atoms with van der Waals surface area (Å²) in [4.78, 5) is 34.1. The van der Waals surface area contributed by atoms with Crippen LogP contribution in [0.2, 0.25) is 0 Å². The Morgan fingerprint density at radius 3 is 2.41 bits per heavy atom. The molecule has 0 aliphatic rings. The van der Waals surface area contributed by atoms with Gasteiger partial charge in [-0.15, -0.1) is 13.2 Å². The number of ketones is 1. The number of hydrogen-bond acceptors (Lipinski definition) is 5. The smallest absolute Gasteiger partial charge is 0.459 e. The van der Waals surface area contributed by atoms with E-state index in [1.807, 2.05) is 5.32 Å². The zero-order valence-corrected chi connectivity index (χ0v) is 11.4. The minimum absolute atomic E-state index is 0.0253. The normalized spacial score (nSPS) is 10.7. The highest BCUT2D eigenvalue weighted by Crippen LogP contribution is 2.26. The number of nitrogens with one attached hydrogen (secondary N) is 1. The van der Waals surface area contributed by atoms with Gasteiger partial charge in [0.15, 0.2) is 5.78 Å². The molecule has 1 aromatic carbocycles. The summed E-state index contributed by atoms with van der Waals surface area (Å²) in [6.45, 7) is 0.791. The van der Waals surface area contributed by atoms with Gasteiger partial charge in [0.2, 0.25) is 0 Å². The van der Waals surface area contributed by atoms with E-state index < -0.39 is 36.3 Å². The summed E-state index contributed by atoms with van der Waals surface area (Å²) in [5.74, 6) is -3.89.